The number of rotatable bonds is 16. The molecule has 1 aromatic rings. The van der Waals surface area contributed by atoms with Crippen LogP contribution >= 0.6 is 0 Å². The molecular formula is C22H33N7O7. The van der Waals surface area contributed by atoms with Gasteiger partial charge in [-0.2, -0.15) is 0 Å². The number of amides is 3. The molecule has 3 unspecified atom stereocenters. The molecule has 1 aromatic carbocycles. The van der Waals surface area contributed by atoms with Crippen molar-refractivity contribution in [1.82, 2.24) is 16.0 Å². The molecule has 0 radical (unpaired) electrons. The molecule has 3 atom stereocenters. The van der Waals surface area contributed by atoms with Crippen LogP contribution in [0.4, 0.5) is 0 Å². The van der Waals surface area contributed by atoms with Crippen LogP contribution in [0, 0.1) is 0 Å². The number of nitrogens with zero attached hydrogens (tertiary/aromatic N) is 1. The highest BCUT2D eigenvalue weighted by Gasteiger charge is 2.28. The summed E-state index contributed by atoms with van der Waals surface area (Å²) in [5.41, 5.74) is 17.2. The van der Waals surface area contributed by atoms with Gasteiger partial charge < -0.3 is 43.4 Å². The number of aliphatic carboxylic acids is 2. The van der Waals surface area contributed by atoms with Crippen molar-refractivity contribution in [1.29, 1.82) is 0 Å². The fourth-order valence-corrected chi connectivity index (χ4v) is 3.08. The highest BCUT2D eigenvalue weighted by Crippen LogP contribution is 2.07. The molecule has 3 amide bonds. The van der Waals surface area contributed by atoms with E-state index >= 15 is 0 Å². The Morgan fingerprint density at radius 2 is 1.50 bits per heavy atom. The smallest absolute Gasteiger partial charge is 0.322 e. The minimum absolute atomic E-state index is 0.0571. The quantitative estimate of drug-likeness (QED) is 0.0671. The summed E-state index contributed by atoms with van der Waals surface area (Å²) in [6.07, 6.45) is -0.0314. The van der Waals surface area contributed by atoms with E-state index in [1.807, 2.05) is 0 Å². The average Bonchev–Trinajstić information content (AvgIpc) is 2.82. The van der Waals surface area contributed by atoms with E-state index in [-0.39, 0.29) is 31.8 Å². The first-order valence-electron chi connectivity index (χ1n) is 11.2. The fourth-order valence-electron chi connectivity index (χ4n) is 3.08. The molecule has 0 heterocycles. The Kier molecular flexibility index (Phi) is 13.0. The van der Waals surface area contributed by atoms with Crippen molar-refractivity contribution < 1.29 is 34.2 Å². The van der Waals surface area contributed by atoms with Crippen molar-refractivity contribution in [2.45, 2.75) is 50.2 Å². The number of carbonyl (C=O) groups excluding carboxylic acids is 3. The van der Waals surface area contributed by atoms with E-state index in [9.17, 15) is 24.0 Å². The van der Waals surface area contributed by atoms with E-state index in [0.717, 1.165) is 0 Å². The minimum atomic E-state index is -1.34. The van der Waals surface area contributed by atoms with Crippen molar-refractivity contribution in [2.24, 2.45) is 22.2 Å². The lowest BCUT2D eigenvalue weighted by Gasteiger charge is -2.24. The zero-order chi connectivity index (χ0) is 27.1. The van der Waals surface area contributed by atoms with E-state index in [0.29, 0.717) is 12.0 Å². The van der Waals surface area contributed by atoms with Crippen molar-refractivity contribution >= 4 is 35.6 Å². The molecule has 36 heavy (non-hydrogen) atoms. The normalized spacial score (nSPS) is 12.9. The van der Waals surface area contributed by atoms with Crippen LogP contribution in [0.3, 0.4) is 0 Å². The number of nitrogens with two attached hydrogens (primary N) is 3. The second kappa shape index (κ2) is 15.7. The zero-order valence-electron chi connectivity index (χ0n) is 19.7. The van der Waals surface area contributed by atoms with Gasteiger partial charge in [-0.05, 0) is 24.8 Å². The van der Waals surface area contributed by atoms with E-state index in [4.69, 9.17) is 27.4 Å². The van der Waals surface area contributed by atoms with Crippen molar-refractivity contribution in [2.75, 3.05) is 13.1 Å². The van der Waals surface area contributed by atoms with Crippen LogP contribution < -0.4 is 33.2 Å². The van der Waals surface area contributed by atoms with Crippen molar-refractivity contribution in [3.05, 3.63) is 35.9 Å². The van der Waals surface area contributed by atoms with Crippen molar-refractivity contribution in [3.63, 3.8) is 0 Å². The molecule has 0 fully saturated rings. The van der Waals surface area contributed by atoms with Crippen molar-refractivity contribution in [3.8, 4) is 0 Å². The maximum atomic E-state index is 13.1. The number of carboxylic acids is 2. The van der Waals surface area contributed by atoms with Crippen LogP contribution in [0.25, 0.3) is 0 Å². The average molecular weight is 508 g/mol. The van der Waals surface area contributed by atoms with Gasteiger partial charge in [0.1, 0.15) is 18.6 Å². The maximum Gasteiger partial charge on any atom is 0.322 e. The predicted molar refractivity (Wildman–Crippen MR) is 129 cm³/mol. The van der Waals surface area contributed by atoms with Gasteiger partial charge in [-0.25, -0.2) is 0 Å². The topological polar surface area (TPSA) is 252 Å². The monoisotopic (exact) mass is 507 g/mol. The number of hydrogen-bond donors (Lipinski definition) is 8. The highest BCUT2D eigenvalue weighted by atomic mass is 16.4. The molecule has 14 heteroatoms. The molecular weight excluding hydrogens is 474 g/mol. The van der Waals surface area contributed by atoms with Crippen LogP contribution in [0.1, 0.15) is 31.2 Å². The number of aliphatic imine (C=N–C) groups is 1. The Labute approximate surface area is 207 Å². The first-order valence-corrected chi connectivity index (χ1v) is 11.2. The van der Waals surface area contributed by atoms with Gasteiger partial charge in [0.05, 0.1) is 6.04 Å². The Bertz CT molecular complexity index is 936. The molecule has 198 valence electrons. The molecule has 0 aliphatic heterocycles. The first kappa shape index (κ1) is 29.8. The lowest BCUT2D eigenvalue weighted by molar-refractivity contribution is -0.140. The van der Waals surface area contributed by atoms with E-state index in [1.165, 1.54) is 0 Å². The number of carboxylic acid groups (broad SMARTS) is 2. The number of hydrogen-bond acceptors (Lipinski definition) is 7. The van der Waals surface area contributed by atoms with Gasteiger partial charge >= 0.3 is 11.9 Å². The molecule has 0 aliphatic rings. The van der Waals surface area contributed by atoms with Crippen LogP contribution in [0.15, 0.2) is 35.3 Å². The summed E-state index contributed by atoms with van der Waals surface area (Å²) in [6.45, 7) is -0.439. The van der Waals surface area contributed by atoms with Gasteiger partial charge in [0.25, 0.3) is 0 Å². The van der Waals surface area contributed by atoms with Gasteiger partial charge in [0.2, 0.25) is 17.7 Å². The van der Waals surface area contributed by atoms with Crippen LogP contribution in [0.5, 0.6) is 0 Å². The van der Waals surface area contributed by atoms with E-state index in [2.05, 4.69) is 20.9 Å². The van der Waals surface area contributed by atoms with Crippen LogP contribution in [0.2, 0.25) is 0 Å². The van der Waals surface area contributed by atoms with Gasteiger partial charge in [-0.1, -0.05) is 30.3 Å². The van der Waals surface area contributed by atoms with Gasteiger partial charge in [0.15, 0.2) is 5.96 Å². The molecule has 14 nitrogen and oxygen atoms in total. The van der Waals surface area contributed by atoms with E-state index < -0.39 is 60.8 Å². The van der Waals surface area contributed by atoms with Crippen LogP contribution in [-0.2, 0) is 30.4 Å². The number of benzene rings is 1. The van der Waals surface area contributed by atoms with E-state index in [1.54, 1.807) is 30.3 Å². The Balaban J connectivity index is 2.97. The molecule has 0 spiro atoms. The summed E-state index contributed by atoms with van der Waals surface area (Å²) < 4.78 is 0. The molecule has 0 saturated heterocycles. The Morgan fingerprint density at radius 1 is 0.861 bits per heavy atom. The second-order valence-corrected chi connectivity index (χ2v) is 7.91. The number of carbonyl (C=O) groups is 5. The standard InChI is InChI=1S/C22H33N7O7/c23-14(7-4-10-26-22(24)25)19(34)29-16(11-13-5-2-1-3-6-13)21(36)28-15(8-9-17(30)31)20(35)27-12-18(32)33/h1-3,5-6,14-16H,4,7-12,23H2,(H,27,35)(H,28,36)(H,29,34)(H,30,31)(H,32,33)(H4,24,25,26). The molecule has 0 aromatic heterocycles. The minimum Gasteiger partial charge on any atom is -0.481 e. The third-order valence-electron chi connectivity index (χ3n) is 4.91. The zero-order valence-corrected chi connectivity index (χ0v) is 19.7. The first-order chi connectivity index (χ1) is 17.0. The third kappa shape index (κ3) is 12.3. The lowest BCUT2D eigenvalue weighted by Crippen LogP contribution is -2.56. The molecule has 0 saturated carbocycles. The predicted octanol–water partition coefficient (Wildman–Crippen LogP) is -2.35. The summed E-state index contributed by atoms with van der Waals surface area (Å²) in [7, 11) is 0. The maximum absolute atomic E-state index is 13.1. The summed E-state index contributed by atoms with van der Waals surface area (Å²) in [5, 5.41) is 24.8. The Hall–Kier alpha value is -4.20. The molecule has 11 N–H and O–H groups in total. The summed E-state index contributed by atoms with van der Waals surface area (Å²) in [5.74, 6) is -4.85. The Morgan fingerprint density at radius 3 is 2.08 bits per heavy atom. The molecule has 0 bridgehead atoms. The van der Waals surface area contributed by atoms with Gasteiger partial charge in [-0.3, -0.25) is 29.0 Å². The fraction of sp³-hybridized carbons (Fsp3) is 0.455. The number of guanidine groups is 1. The second-order valence-electron chi connectivity index (χ2n) is 7.91. The summed E-state index contributed by atoms with van der Waals surface area (Å²) in [6, 6.07) is 5.30. The van der Waals surface area contributed by atoms with Crippen LogP contribution in [-0.4, -0.2) is 77.0 Å². The lowest BCUT2D eigenvalue weighted by atomic mass is 10.0. The largest absolute Gasteiger partial charge is 0.481 e. The third-order valence-corrected chi connectivity index (χ3v) is 4.91. The molecule has 1 rings (SSSR count). The van der Waals surface area contributed by atoms with Gasteiger partial charge in [-0.15, -0.1) is 0 Å². The SMILES string of the molecule is NC(N)=NCCCC(N)C(=O)NC(Cc1ccccc1)C(=O)NC(CCC(=O)O)C(=O)NCC(=O)O. The molecule has 0 aliphatic carbocycles. The number of nitrogens with one attached hydrogen (secondary N) is 3. The summed E-state index contributed by atoms with van der Waals surface area (Å²) >= 11 is 0. The summed E-state index contributed by atoms with van der Waals surface area (Å²) in [4.78, 5) is 63.7. The van der Waals surface area contributed by atoms with Gasteiger partial charge in [0, 0.05) is 19.4 Å². The highest BCUT2D eigenvalue weighted by molar-refractivity contribution is 5.94.